The van der Waals surface area contributed by atoms with Crippen molar-refractivity contribution >= 4 is 22.2 Å². The molecule has 2 aromatic carbocycles. The fraction of sp³-hybridized carbons (Fsp3) is 0.190. The largest absolute Gasteiger partial charge is 0.494 e. The number of carbonyl (C=O) groups is 1. The van der Waals surface area contributed by atoms with E-state index in [0.717, 1.165) is 27.3 Å². The van der Waals surface area contributed by atoms with Gasteiger partial charge in [0.1, 0.15) is 5.75 Å². The molecule has 1 aromatic heterocycles. The van der Waals surface area contributed by atoms with Crippen LogP contribution < -0.4 is 15.8 Å². The van der Waals surface area contributed by atoms with Crippen molar-refractivity contribution in [2.75, 3.05) is 12.3 Å². The number of benzene rings is 2. The molecule has 3 aromatic rings. The van der Waals surface area contributed by atoms with Crippen molar-refractivity contribution in [3.05, 3.63) is 70.6 Å². The van der Waals surface area contributed by atoms with Gasteiger partial charge in [-0.2, -0.15) is 0 Å². The Bertz CT molecular complexity index is 886. The molecule has 0 aliphatic carbocycles. The van der Waals surface area contributed by atoms with Gasteiger partial charge in [-0.3, -0.25) is 4.79 Å². The number of nitrogens with one attached hydrogen (secondary N) is 1. The number of carbonyl (C=O) groups excluding carboxylic acids is 1. The topological polar surface area (TPSA) is 64.3 Å². The van der Waals surface area contributed by atoms with Crippen LogP contribution in [0.1, 0.15) is 27.7 Å². The Labute approximate surface area is 157 Å². The van der Waals surface area contributed by atoms with E-state index in [1.165, 1.54) is 11.3 Å². The molecule has 0 aliphatic heterocycles. The number of anilines is 1. The highest BCUT2D eigenvalue weighted by Gasteiger charge is 2.21. The van der Waals surface area contributed by atoms with Crippen molar-refractivity contribution in [2.45, 2.75) is 20.4 Å². The standard InChI is InChI=1S/C21H22N2O2S/c1-3-25-17-11-9-16(10-12-17)18-14(2)26-20(22)19(18)21(24)23-13-15-7-5-4-6-8-15/h4-12H,3,13,22H2,1-2H3,(H,23,24). The summed E-state index contributed by atoms with van der Waals surface area (Å²) in [5.41, 5.74) is 9.61. The van der Waals surface area contributed by atoms with Crippen molar-refractivity contribution < 1.29 is 9.53 Å². The van der Waals surface area contributed by atoms with Gasteiger partial charge < -0.3 is 15.8 Å². The maximum absolute atomic E-state index is 12.8. The minimum absolute atomic E-state index is 0.153. The van der Waals surface area contributed by atoms with Gasteiger partial charge in [-0.05, 0) is 37.1 Å². The molecule has 1 heterocycles. The molecule has 0 saturated carbocycles. The van der Waals surface area contributed by atoms with E-state index in [-0.39, 0.29) is 5.91 Å². The van der Waals surface area contributed by atoms with E-state index in [1.807, 2.05) is 68.4 Å². The molecule has 5 heteroatoms. The smallest absolute Gasteiger partial charge is 0.255 e. The van der Waals surface area contributed by atoms with E-state index in [2.05, 4.69) is 5.32 Å². The van der Waals surface area contributed by atoms with Crippen LogP contribution in [0.4, 0.5) is 5.00 Å². The molecular weight excluding hydrogens is 344 g/mol. The van der Waals surface area contributed by atoms with E-state index in [0.29, 0.717) is 23.7 Å². The van der Waals surface area contributed by atoms with Crippen molar-refractivity contribution in [3.63, 3.8) is 0 Å². The van der Waals surface area contributed by atoms with Gasteiger partial charge in [0, 0.05) is 17.0 Å². The molecule has 0 radical (unpaired) electrons. The van der Waals surface area contributed by atoms with Crippen molar-refractivity contribution in [1.29, 1.82) is 0 Å². The van der Waals surface area contributed by atoms with Gasteiger partial charge in [0.25, 0.3) is 5.91 Å². The molecular formula is C21H22N2O2S. The first-order valence-electron chi connectivity index (χ1n) is 8.54. The second kappa shape index (κ2) is 8.06. The predicted octanol–water partition coefficient (Wildman–Crippen LogP) is 4.63. The highest BCUT2D eigenvalue weighted by Crippen LogP contribution is 2.38. The highest BCUT2D eigenvalue weighted by atomic mass is 32.1. The molecule has 0 spiro atoms. The Morgan fingerprint density at radius 2 is 1.81 bits per heavy atom. The number of amides is 1. The number of nitrogens with two attached hydrogens (primary N) is 1. The average Bonchev–Trinajstić information content (AvgIpc) is 2.95. The van der Waals surface area contributed by atoms with E-state index >= 15 is 0 Å². The van der Waals surface area contributed by atoms with Gasteiger partial charge in [-0.15, -0.1) is 11.3 Å². The summed E-state index contributed by atoms with van der Waals surface area (Å²) in [6.07, 6.45) is 0. The lowest BCUT2D eigenvalue weighted by atomic mass is 10.0. The van der Waals surface area contributed by atoms with E-state index < -0.39 is 0 Å². The average molecular weight is 366 g/mol. The molecule has 0 saturated heterocycles. The summed E-state index contributed by atoms with van der Waals surface area (Å²) < 4.78 is 5.50. The second-order valence-electron chi connectivity index (χ2n) is 5.90. The summed E-state index contributed by atoms with van der Waals surface area (Å²) in [6.45, 7) is 5.03. The van der Waals surface area contributed by atoms with Crippen LogP contribution >= 0.6 is 11.3 Å². The van der Waals surface area contributed by atoms with Crippen LogP contribution in [0.15, 0.2) is 54.6 Å². The molecule has 3 N–H and O–H groups in total. The zero-order chi connectivity index (χ0) is 18.5. The summed E-state index contributed by atoms with van der Waals surface area (Å²) in [5.74, 6) is 0.659. The van der Waals surface area contributed by atoms with Gasteiger partial charge in [0.05, 0.1) is 17.2 Å². The maximum Gasteiger partial charge on any atom is 0.255 e. The molecule has 0 fully saturated rings. The van der Waals surface area contributed by atoms with E-state index in [1.54, 1.807) is 0 Å². The molecule has 26 heavy (non-hydrogen) atoms. The van der Waals surface area contributed by atoms with E-state index in [9.17, 15) is 4.79 Å². The van der Waals surface area contributed by atoms with Gasteiger partial charge in [0.2, 0.25) is 0 Å². The summed E-state index contributed by atoms with van der Waals surface area (Å²) in [4.78, 5) is 13.8. The number of ether oxygens (including phenoxy) is 1. The van der Waals surface area contributed by atoms with E-state index in [4.69, 9.17) is 10.5 Å². The van der Waals surface area contributed by atoms with Crippen LogP contribution in [-0.2, 0) is 6.54 Å². The van der Waals surface area contributed by atoms with Crippen molar-refractivity contribution in [1.82, 2.24) is 5.32 Å². The monoisotopic (exact) mass is 366 g/mol. The third-order valence-electron chi connectivity index (χ3n) is 4.09. The fourth-order valence-corrected chi connectivity index (χ4v) is 3.84. The first kappa shape index (κ1) is 18.0. The van der Waals surface area contributed by atoms with Crippen LogP contribution in [0.2, 0.25) is 0 Å². The van der Waals surface area contributed by atoms with Crippen LogP contribution in [0.5, 0.6) is 5.75 Å². The highest BCUT2D eigenvalue weighted by molar-refractivity contribution is 7.16. The zero-order valence-corrected chi connectivity index (χ0v) is 15.7. The third kappa shape index (κ3) is 3.89. The molecule has 0 atom stereocenters. The summed E-state index contributed by atoms with van der Waals surface area (Å²) >= 11 is 1.44. The maximum atomic E-state index is 12.8. The van der Waals surface area contributed by atoms with Crippen molar-refractivity contribution in [3.8, 4) is 16.9 Å². The lowest BCUT2D eigenvalue weighted by molar-refractivity contribution is 0.0953. The van der Waals surface area contributed by atoms with Gasteiger partial charge in [-0.1, -0.05) is 42.5 Å². The Hall–Kier alpha value is -2.79. The Morgan fingerprint density at radius 3 is 2.46 bits per heavy atom. The quantitative estimate of drug-likeness (QED) is 0.668. The zero-order valence-electron chi connectivity index (χ0n) is 14.9. The van der Waals surface area contributed by atoms with Gasteiger partial charge in [-0.25, -0.2) is 0 Å². The minimum Gasteiger partial charge on any atom is -0.494 e. The van der Waals surface area contributed by atoms with Crippen LogP contribution in [-0.4, -0.2) is 12.5 Å². The number of rotatable bonds is 6. The molecule has 0 aliphatic rings. The first-order valence-corrected chi connectivity index (χ1v) is 9.36. The molecule has 3 rings (SSSR count). The predicted molar refractivity (Wildman–Crippen MR) is 108 cm³/mol. The normalized spacial score (nSPS) is 10.5. The van der Waals surface area contributed by atoms with Crippen LogP contribution in [0, 0.1) is 6.92 Å². The Balaban J connectivity index is 1.86. The van der Waals surface area contributed by atoms with Crippen molar-refractivity contribution in [2.24, 2.45) is 0 Å². The number of aryl methyl sites for hydroxylation is 1. The lowest BCUT2D eigenvalue weighted by Crippen LogP contribution is -2.23. The Morgan fingerprint density at radius 1 is 1.12 bits per heavy atom. The molecule has 0 unspecified atom stereocenters. The summed E-state index contributed by atoms with van der Waals surface area (Å²) in [7, 11) is 0. The van der Waals surface area contributed by atoms with Gasteiger partial charge >= 0.3 is 0 Å². The lowest BCUT2D eigenvalue weighted by Gasteiger charge is -2.10. The third-order valence-corrected chi connectivity index (χ3v) is 5.02. The molecule has 0 bridgehead atoms. The molecule has 134 valence electrons. The fourth-order valence-electron chi connectivity index (χ4n) is 2.89. The SMILES string of the molecule is CCOc1ccc(-c2c(C)sc(N)c2C(=O)NCc2ccccc2)cc1. The van der Waals surface area contributed by atoms with Gasteiger partial charge in [0.15, 0.2) is 0 Å². The molecule has 1 amide bonds. The number of nitrogen functional groups attached to an aromatic ring is 1. The van der Waals surface area contributed by atoms with Crippen LogP contribution in [0.3, 0.4) is 0 Å². The second-order valence-corrected chi connectivity index (χ2v) is 7.15. The summed E-state index contributed by atoms with van der Waals surface area (Å²) in [5, 5.41) is 3.51. The first-order chi connectivity index (χ1) is 12.6. The van der Waals surface area contributed by atoms with Crippen LogP contribution in [0.25, 0.3) is 11.1 Å². The minimum atomic E-state index is -0.153. The number of hydrogen-bond donors (Lipinski definition) is 2. The summed E-state index contributed by atoms with van der Waals surface area (Å²) in [6, 6.07) is 17.6. The number of thiophene rings is 1. The number of hydrogen-bond acceptors (Lipinski definition) is 4. The Kier molecular flexibility index (Phi) is 5.58. The molecule has 4 nitrogen and oxygen atoms in total.